The molecule has 0 aliphatic carbocycles. The number of aromatic amines is 1. The van der Waals surface area contributed by atoms with E-state index < -0.39 is 0 Å². The maximum atomic E-state index is 12.0. The molecule has 1 aromatic rings. The second-order valence-electron chi connectivity index (χ2n) is 4.62. The summed E-state index contributed by atoms with van der Waals surface area (Å²) in [6, 6.07) is 1.43. The lowest BCUT2D eigenvalue weighted by atomic mass is 9.95. The normalized spacial score (nSPS) is 11.3. The van der Waals surface area contributed by atoms with Gasteiger partial charge in [-0.05, 0) is 26.7 Å². The molecular formula is C13H20N2O2. The van der Waals surface area contributed by atoms with E-state index in [1.807, 2.05) is 20.8 Å². The smallest absolute Gasteiger partial charge is 0.257 e. The Kier molecular flexibility index (Phi) is 4.10. The summed E-state index contributed by atoms with van der Waals surface area (Å²) in [6.07, 6.45) is 3.14. The number of pyridine rings is 1. The predicted octanol–water partition coefficient (Wildman–Crippen LogP) is 1.99. The van der Waals surface area contributed by atoms with Gasteiger partial charge in [0.05, 0.1) is 0 Å². The molecule has 0 saturated heterocycles. The highest BCUT2D eigenvalue weighted by Crippen LogP contribution is 2.13. The van der Waals surface area contributed by atoms with Gasteiger partial charge in [-0.15, -0.1) is 0 Å². The molecule has 0 aliphatic rings. The molecule has 2 N–H and O–H groups in total. The van der Waals surface area contributed by atoms with Crippen molar-refractivity contribution in [3.05, 3.63) is 33.7 Å². The average Bonchev–Trinajstić information content (AvgIpc) is 2.28. The molecule has 94 valence electrons. The minimum Gasteiger partial charge on any atom is -0.364 e. The van der Waals surface area contributed by atoms with E-state index in [0.717, 1.165) is 18.5 Å². The highest BCUT2D eigenvalue weighted by atomic mass is 16.2. The van der Waals surface area contributed by atoms with Crippen molar-refractivity contribution in [2.45, 2.75) is 46.1 Å². The third-order valence-electron chi connectivity index (χ3n) is 3.28. The van der Waals surface area contributed by atoms with Crippen LogP contribution in [0.25, 0.3) is 0 Å². The van der Waals surface area contributed by atoms with Crippen molar-refractivity contribution in [1.82, 2.24) is 10.3 Å². The quantitative estimate of drug-likeness (QED) is 0.839. The first-order chi connectivity index (χ1) is 7.91. The van der Waals surface area contributed by atoms with E-state index in [4.69, 9.17) is 0 Å². The number of aryl methyl sites for hydroxylation is 1. The molecule has 0 aromatic carbocycles. The molecule has 0 atom stereocenters. The fourth-order valence-corrected chi connectivity index (χ4v) is 1.52. The van der Waals surface area contributed by atoms with Gasteiger partial charge < -0.3 is 10.3 Å². The van der Waals surface area contributed by atoms with E-state index in [9.17, 15) is 9.59 Å². The van der Waals surface area contributed by atoms with E-state index in [-0.39, 0.29) is 22.4 Å². The summed E-state index contributed by atoms with van der Waals surface area (Å²) in [5.41, 5.74) is 0.423. The van der Waals surface area contributed by atoms with Gasteiger partial charge in [0.1, 0.15) is 5.56 Å². The van der Waals surface area contributed by atoms with Crippen molar-refractivity contribution in [1.29, 1.82) is 0 Å². The van der Waals surface area contributed by atoms with Crippen molar-refractivity contribution in [2.75, 3.05) is 0 Å². The molecule has 0 saturated carbocycles. The molecule has 4 nitrogen and oxygen atoms in total. The Morgan fingerprint density at radius 3 is 2.47 bits per heavy atom. The lowest BCUT2D eigenvalue weighted by Gasteiger charge is -2.28. The molecule has 0 radical (unpaired) electrons. The van der Waals surface area contributed by atoms with Gasteiger partial charge in [0.2, 0.25) is 0 Å². The summed E-state index contributed by atoms with van der Waals surface area (Å²) in [5.74, 6) is -0.308. The molecular weight excluding hydrogens is 216 g/mol. The summed E-state index contributed by atoms with van der Waals surface area (Å²) in [7, 11) is 0. The first kappa shape index (κ1) is 13.5. The monoisotopic (exact) mass is 236 g/mol. The maximum Gasteiger partial charge on any atom is 0.257 e. The van der Waals surface area contributed by atoms with Crippen LogP contribution in [0.2, 0.25) is 0 Å². The Morgan fingerprint density at radius 2 is 2.00 bits per heavy atom. The van der Waals surface area contributed by atoms with Crippen molar-refractivity contribution in [3.8, 4) is 0 Å². The van der Waals surface area contributed by atoms with Crippen LogP contribution in [0.5, 0.6) is 0 Å². The highest BCUT2D eigenvalue weighted by molar-refractivity contribution is 5.94. The Labute approximate surface area is 101 Å². The van der Waals surface area contributed by atoms with Crippen LogP contribution in [-0.4, -0.2) is 16.4 Å². The molecule has 0 spiro atoms. The Hall–Kier alpha value is -1.58. The number of hydrogen-bond donors (Lipinski definition) is 2. The van der Waals surface area contributed by atoms with E-state index in [1.165, 1.54) is 12.3 Å². The summed E-state index contributed by atoms with van der Waals surface area (Å²) in [6.45, 7) is 7.80. The number of carbonyl (C=O) groups is 1. The number of amides is 1. The highest BCUT2D eigenvalue weighted by Gasteiger charge is 2.23. The first-order valence-corrected chi connectivity index (χ1v) is 5.93. The van der Waals surface area contributed by atoms with Crippen LogP contribution in [0.4, 0.5) is 0 Å². The van der Waals surface area contributed by atoms with Crippen LogP contribution in [0.3, 0.4) is 0 Å². The van der Waals surface area contributed by atoms with Gasteiger partial charge in [-0.25, -0.2) is 0 Å². The SMILES string of the molecule is CCC(C)(CC)NC(=O)c1c[nH]c(C)cc1=O. The van der Waals surface area contributed by atoms with Gasteiger partial charge >= 0.3 is 0 Å². The summed E-state index contributed by atoms with van der Waals surface area (Å²) in [5, 5.41) is 2.91. The number of nitrogens with one attached hydrogen (secondary N) is 2. The summed E-state index contributed by atoms with van der Waals surface area (Å²) >= 11 is 0. The van der Waals surface area contributed by atoms with Crippen molar-refractivity contribution < 1.29 is 4.79 Å². The second kappa shape index (κ2) is 5.17. The molecule has 1 heterocycles. The van der Waals surface area contributed by atoms with Crippen LogP contribution in [0.15, 0.2) is 17.1 Å². The van der Waals surface area contributed by atoms with Crippen LogP contribution in [-0.2, 0) is 0 Å². The van der Waals surface area contributed by atoms with Gasteiger partial charge in [-0.1, -0.05) is 13.8 Å². The Bertz CT molecular complexity index is 459. The van der Waals surface area contributed by atoms with Crippen LogP contribution < -0.4 is 10.7 Å². The van der Waals surface area contributed by atoms with E-state index in [2.05, 4.69) is 10.3 Å². The minimum atomic E-state index is -0.308. The van der Waals surface area contributed by atoms with Gasteiger partial charge in [0.15, 0.2) is 5.43 Å². The molecule has 0 bridgehead atoms. The lowest BCUT2D eigenvalue weighted by molar-refractivity contribution is 0.0899. The average molecular weight is 236 g/mol. The topological polar surface area (TPSA) is 62.0 Å². The van der Waals surface area contributed by atoms with Gasteiger partial charge in [-0.3, -0.25) is 9.59 Å². The second-order valence-corrected chi connectivity index (χ2v) is 4.62. The molecule has 1 aromatic heterocycles. The molecule has 0 fully saturated rings. The largest absolute Gasteiger partial charge is 0.364 e. The molecule has 4 heteroatoms. The molecule has 1 rings (SSSR count). The number of H-pyrrole nitrogens is 1. The Morgan fingerprint density at radius 1 is 1.41 bits per heavy atom. The maximum absolute atomic E-state index is 12.0. The van der Waals surface area contributed by atoms with E-state index >= 15 is 0 Å². The van der Waals surface area contributed by atoms with Crippen molar-refractivity contribution in [2.24, 2.45) is 0 Å². The standard InChI is InChI=1S/C13H20N2O2/c1-5-13(4,6-2)15-12(17)10-8-14-9(3)7-11(10)16/h7-8H,5-6H2,1-4H3,(H,14,16)(H,15,17). The molecule has 0 unspecified atom stereocenters. The number of carbonyl (C=O) groups excluding carboxylic acids is 1. The van der Waals surface area contributed by atoms with Crippen molar-refractivity contribution >= 4 is 5.91 Å². The van der Waals surface area contributed by atoms with Gasteiger partial charge in [0.25, 0.3) is 5.91 Å². The number of hydrogen-bond acceptors (Lipinski definition) is 2. The minimum absolute atomic E-state index is 0.170. The van der Waals surface area contributed by atoms with Gasteiger partial charge in [-0.2, -0.15) is 0 Å². The van der Waals surface area contributed by atoms with Gasteiger partial charge in [0, 0.05) is 23.5 Å². The van der Waals surface area contributed by atoms with E-state index in [0.29, 0.717) is 0 Å². The van der Waals surface area contributed by atoms with Crippen LogP contribution in [0.1, 0.15) is 49.7 Å². The molecule has 1 amide bonds. The fraction of sp³-hybridized carbons (Fsp3) is 0.538. The lowest BCUT2D eigenvalue weighted by Crippen LogP contribution is -2.46. The molecule has 17 heavy (non-hydrogen) atoms. The number of aromatic nitrogens is 1. The van der Waals surface area contributed by atoms with Crippen LogP contribution >= 0.6 is 0 Å². The third kappa shape index (κ3) is 3.19. The summed E-state index contributed by atoms with van der Waals surface area (Å²) in [4.78, 5) is 26.5. The zero-order valence-electron chi connectivity index (χ0n) is 10.9. The zero-order valence-corrected chi connectivity index (χ0v) is 10.9. The zero-order chi connectivity index (χ0) is 13.1. The van der Waals surface area contributed by atoms with E-state index in [1.54, 1.807) is 6.92 Å². The Balaban J connectivity index is 2.94. The predicted molar refractivity (Wildman–Crippen MR) is 68.3 cm³/mol. The van der Waals surface area contributed by atoms with Crippen molar-refractivity contribution in [3.63, 3.8) is 0 Å². The van der Waals surface area contributed by atoms with Crippen LogP contribution in [0, 0.1) is 6.92 Å². The number of rotatable bonds is 4. The molecule has 0 aliphatic heterocycles. The summed E-state index contributed by atoms with van der Waals surface area (Å²) < 4.78 is 0. The third-order valence-corrected chi connectivity index (χ3v) is 3.28. The fourth-order valence-electron chi connectivity index (χ4n) is 1.52. The first-order valence-electron chi connectivity index (χ1n) is 5.93.